The molecule has 0 aliphatic rings. The largest absolute Gasteiger partial charge is 0.494 e. The first-order valence-corrected chi connectivity index (χ1v) is 11.3. The van der Waals surface area contributed by atoms with Crippen molar-refractivity contribution in [3.8, 4) is 16.2 Å². The molecule has 3 aromatic heterocycles. The first-order valence-electron chi connectivity index (χ1n) is 9.53. The molecule has 1 amide bonds. The zero-order chi connectivity index (χ0) is 21.1. The number of ether oxygens (including phenoxy) is 1. The Balaban J connectivity index is 1.52. The Morgan fingerprint density at radius 2 is 2.00 bits per heavy atom. The lowest BCUT2D eigenvalue weighted by Gasteiger charge is -2.18. The van der Waals surface area contributed by atoms with Gasteiger partial charge in [0.15, 0.2) is 0 Å². The van der Waals surface area contributed by atoms with E-state index in [9.17, 15) is 9.59 Å². The summed E-state index contributed by atoms with van der Waals surface area (Å²) in [6, 6.07) is 11.6. The molecule has 4 rings (SSSR count). The van der Waals surface area contributed by atoms with Gasteiger partial charge in [-0.3, -0.25) is 14.2 Å². The number of aromatic nitrogens is 2. The van der Waals surface area contributed by atoms with Crippen LogP contribution in [-0.2, 0) is 17.9 Å². The molecule has 0 aliphatic heterocycles. The number of likely N-dealkylation sites (N-methyl/N-ethyl adjacent to an activating group) is 1. The third-order valence-corrected chi connectivity index (χ3v) is 6.52. The topological polar surface area (TPSA) is 64.4 Å². The van der Waals surface area contributed by atoms with Crippen LogP contribution in [0.5, 0.6) is 5.75 Å². The van der Waals surface area contributed by atoms with Crippen LogP contribution in [0.4, 0.5) is 0 Å². The maximum atomic E-state index is 13.1. The third kappa shape index (κ3) is 4.15. The van der Waals surface area contributed by atoms with Gasteiger partial charge in [-0.1, -0.05) is 18.2 Å². The summed E-state index contributed by atoms with van der Waals surface area (Å²) < 4.78 is 6.84. The van der Waals surface area contributed by atoms with E-state index in [-0.39, 0.29) is 18.0 Å². The molecule has 1 aromatic carbocycles. The first-order chi connectivity index (χ1) is 14.6. The van der Waals surface area contributed by atoms with Crippen LogP contribution >= 0.6 is 22.7 Å². The fourth-order valence-electron chi connectivity index (χ4n) is 3.18. The summed E-state index contributed by atoms with van der Waals surface area (Å²) in [5.74, 6) is 0.651. The lowest BCUT2D eigenvalue weighted by atomic mass is 10.2. The van der Waals surface area contributed by atoms with Crippen LogP contribution < -0.4 is 10.3 Å². The van der Waals surface area contributed by atoms with Crippen LogP contribution in [0.3, 0.4) is 0 Å². The molecule has 0 unspecified atom stereocenters. The van der Waals surface area contributed by atoms with Gasteiger partial charge in [-0.2, -0.15) is 0 Å². The van der Waals surface area contributed by atoms with Gasteiger partial charge in [0.1, 0.15) is 17.1 Å². The summed E-state index contributed by atoms with van der Waals surface area (Å²) in [5.41, 5.74) is 1.69. The smallest absolute Gasteiger partial charge is 0.263 e. The summed E-state index contributed by atoms with van der Waals surface area (Å²) in [6.07, 6.45) is 1.46. The molecular weight excluding hydrogens is 418 g/mol. The quantitative estimate of drug-likeness (QED) is 0.432. The Bertz CT molecular complexity index is 1210. The second-order valence-electron chi connectivity index (χ2n) is 6.81. The van der Waals surface area contributed by atoms with E-state index in [0.717, 1.165) is 21.8 Å². The Labute approximate surface area is 182 Å². The molecule has 0 N–H and O–H groups in total. The monoisotopic (exact) mass is 439 g/mol. The van der Waals surface area contributed by atoms with E-state index in [1.807, 2.05) is 54.1 Å². The molecule has 6 nitrogen and oxygen atoms in total. The average Bonchev–Trinajstić information content (AvgIpc) is 3.41. The number of benzene rings is 1. The van der Waals surface area contributed by atoms with Gasteiger partial charge >= 0.3 is 0 Å². The Morgan fingerprint density at radius 1 is 1.20 bits per heavy atom. The van der Waals surface area contributed by atoms with Crippen molar-refractivity contribution in [1.29, 1.82) is 0 Å². The molecule has 4 aromatic rings. The van der Waals surface area contributed by atoms with Crippen molar-refractivity contribution < 1.29 is 9.53 Å². The molecule has 154 valence electrons. The molecule has 30 heavy (non-hydrogen) atoms. The van der Waals surface area contributed by atoms with Crippen LogP contribution in [0.15, 0.2) is 58.3 Å². The minimum atomic E-state index is -0.188. The van der Waals surface area contributed by atoms with Crippen molar-refractivity contribution in [1.82, 2.24) is 14.5 Å². The molecule has 0 saturated carbocycles. The number of hydrogen-bond donors (Lipinski definition) is 0. The minimum absolute atomic E-state index is 0.0466. The summed E-state index contributed by atoms with van der Waals surface area (Å²) in [5, 5.41) is 4.51. The Morgan fingerprint density at radius 3 is 2.70 bits per heavy atom. The molecule has 3 heterocycles. The SMILES string of the molecule is CCOc1ccc(CN(C)C(=O)Cn2cnc3scc(-c4cccs4)c3c2=O)cc1. The van der Waals surface area contributed by atoms with E-state index >= 15 is 0 Å². The molecular formula is C22H21N3O3S2. The van der Waals surface area contributed by atoms with Gasteiger partial charge in [0, 0.05) is 29.4 Å². The normalized spacial score (nSPS) is 11.0. The molecule has 0 fully saturated rings. The number of fused-ring (bicyclic) bond motifs is 1. The van der Waals surface area contributed by atoms with E-state index < -0.39 is 0 Å². The summed E-state index contributed by atoms with van der Waals surface area (Å²) in [4.78, 5) is 33.5. The second-order valence-corrected chi connectivity index (χ2v) is 8.62. The average molecular weight is 440 g/mol. The Kier molecular flexibility index (Phi) is 5.96. The Hall–Kier alpha value is -2.97. The minimum Gasteiger partial charge on any atom is -0.494 e. The van der Waals surface area contributed by atoms with Gasteiger partial charge in [0.05, 0.1) is 18.3 Å². The lowest BCUT2D eigenvalue weighted by molar-refractivity contribution is -0.131. The van der Waals surface area contributed by atoms with Crippen molar-refractivity contribution >= 4 is 38.8 Å². The van der Waals surface area contributed by atoms with E-state index in [1.165, 1.54) is 22.2 Å². The third-order valence-electron chi connectivity index (χ3n) is 4.73. The maximum absolute atomic E-state index is 13.1. The number of hydrogen-bond acceptors (Lipinski definition) is 6. The van der Waals surface area contributed by atoms with Crippen LogP contribution in [0.2, 0.25) is 0 Å². The predicted molar refractivity (Wildman–Crippen MR) is 121 cm³/mol. The highest BCUT2D eigenvalue weighted by Crippen LogP contribution is 2.33. The second kappa shape index (κ2) is 8.81. The van der Waals surface area contributed by atoms with Crippen molar-refractivity contribution in [2.45, 2.75) is 20.0 Å². The van der Waals surface area contributed by atoms with E-state index in [1.54, 1.807) is 23.3 Å². The predicted octanol–water partition coefficient (Wildman–Crippen LogP) is 4.24. The number of thiophene rings is 2. The molecule has 8 heteroatoms. The van der Waals surface area contributed by atoms with Crippen LogP contribution in [-0.4, -0.2) is 34.0 Å². The lowest BCUT2D eigenvalue weighted by Crippen LogP contribution is -2.33. The van der Waals surface area contributed by atoms with E-state index in [0.29, 0.717) is 23.4 Å². The zero-order valence-electron chi connectivity index (χ0n) is 16.7. The van der Waals surface area contributed by atoms with Crippen molar-refractivity contribution in [2.75, 3.05) is 13.7 Å². The maximum Gasteiger partial charge on any atom is 0.263 e. The summed E-state index contributed by atoms with van der Waals surface area (Å²) >= 11 is 3.02. The highest BCUT2D eigenvalue weighted by molar-refractivity contribution is 7.18. The standard InChI is InChI=1S/C22H21N3O3S2/c1-3-28-16-8-6-15(7-9-16)11-24(2)19(26)12-25-14-23-21-20(22(25)27)17(13-30-21)18-5-4-10-29-18/h4-10,13-14H,3,11-12H2,1-2H3. The summed E-state index contributed by atoms with van der Waals surface area (Å²) in [6.45, 7) is 2.96. The fraction of sp³-hybridized carbons (Fsp3) is 0.227. The highest BCUT2D eigenvalue weighted by Gasteiger charge is 2.17. The molecule has 0 aliphatic carbocycles. The molecule has 0 bridgehead atoms. The number of amides is 1. The number of nitrogens with zero attached hydrogens (tertiary/aromatic N) is 3. The van der Waals surface area contributed by atoms with E-state index in [4.69, 9.17) is 4.74 Å². The number of carbonyl (C=O) groups is 1. The van der Waals surface area contributed by atoms with Crippen LogP contribution in [0.25, 0.3) is 20.7 Å². The van der Waals surface area contributed by atoms with Gasteiger partial charge in [-0.05, 0) is 36.1 Å². The molecule has 0 radical (unpaired) electrons. The molecule has 0 spiro atoms. The first kappa shape index (κ1) is 20.3. The van der Waals surface area contributed by atoms with Crippen LogP contribution in [0, 0.1) is 0 Å². The fourth-order valence-corrected chi connectivity index (χ4v) is 4.90. The highest BCUT2D eigenvalue weighted by atomic mass is 32.1. The van der Waals surface area contributed by atoms with Crippen molar-refractivity contribution in [3.05, 3.63) is 69.4 Å². The molecule has 0 saturated heterocycles. The van der Waals surface area contributed by atoms with Gasteiger partial charge in [0.2, 0.25) is 5.91 Å². The van der Waals surface area contributed by atoms with Gasteiger partial charge in [-0.25, -0.2) is 4.98 Å². The van der Waals surface area contributed by atoms with E-state index in [2.05, 4.69) is 4.98 Å². The number of carbonyl (C=O) groups excluding carboxylic acids is 1. The summed E-state index contributed by atoms with van der Waals surface area (Å²) in [7, 11) is 1.73. The zero-order valence-corrected chi connectivity index (χ0v) is 18.3. The van der Waals surface area contributed by atoms with Gasteiger partial charge in [0.25, 0.3) is 5.56 Å². The van der Waals surface area contributed by atoms with Crippen LogP contribution in [0.1, 0.15) is 12.5 Å². The van der Waals surface area contributed by atoms with Gasteiger partial charge in [-0.15, -0.1) is 22.7 Å². The van der Waals surface area contributed by atoms with Gasteiger partial charge < -0.3 is 9.64 Å². The molecule has 0 atom stereocenters. The van der Waals surface area contributed by atoms with Crippen molar-refractivity contribution in [2.24, 2.45) is 0 Å². The van der Waals surface area contributed by atoms with Crippen molar-refractivity contribution in [3.63, 3.8) is 0 Å². The number of rotatable bonds is 7.